The summed E-state index contributed by atoms with van der Waals surface area (Å²) in [4.78, 5) is 4.35. The molecule has 0 spiro atoms. The summed E-state index contributed by atoms with van der Waals surface area (Å²) in [6.45, 7) is 0. The molecule has 2 saturated carbocycles. The van der Waals surface area contributed by atoms with Gasteiger partial charge >= 0.3 is 0 Å². The van der Waals surface area contributed by atoms with Gasteiger partial charge in [0.05, 0.1) is 17.8 Å². The van der Waals surface area contributed by atoms with Gasteiger partial charge in [-0.15, -0.1) is 0 Å². The van der Waals surface area contributed by atoms with E-state index in [1.807, 2.05) is 18.5 Å². The van der Waals surface area contributed by atoms with E-state index in [2.05, 4.69) is 38.7 Å². The largest absolute Gasteiger partial charge is 0.384 e. The van der Waals surface area contributed by atoms with Gasteiger partial charge in [-0.3, -0.25) is 5.10 Å². The third-order valence-electron chi connectivity index (χ3n) is 6.84. The van der Waals surface area contributed by atoms with Crippen LogP contribution in [0, 0.1) is 17.8 Å². The van der Waals surface area contributed by atoms with E-state index in [0.717, 1.165) is 17.4 Å². The van der Waals surface area contributed by atoms with E-state index in [4.69, 9.17) is 5.73 Å². The van der Waals surface area contributed by atoms with E-state index in [9.17, 15) is 0 Å². The monoisotopic (exact) mass is 331 g/mol. The second-order valence-electron chi connectivity index (χ2n) is 7.93. The number of anilines is 2. The highest BCUT2D eigenvalue weighted by atomic mass is 15.1. The average Bonchev–Trinajstić information content (AvgIpc) is 3.37. The molecule has 5 atom stereocenters. The SMILES string of the molecule is Nc1ccc([C@@H]2Nc3ccc4[nH]ncc4c3[C@H]3[C@@H]4CC[C@@H](C4)[C@H]32)cn1. The summed E-state index contributed by atoms with van der Waals surface area (Å²) in [6, 6.07) is 8.75. The molecule has 0 radical (unpaired) electrons. The quantitative estimate of drug-likeness (QED) is 0.633. The number of nitrogens with two attached hydrogens (primary N) is 1. The van der Waals surface area contributed by atoms with E-state index >= 15 is 0 Å². The minimum atomic E-state index is 0.324. The fraction of sp³-hybridized carbons (Fsp3) is 0.400. The molecule has 0 unspecified atom stereocenters. The van der Waals surface area contributed by atoms with Gasteiger partial charge in [-0.25, -0.2) is 4.98 Å². The lowest BCUT2D eigenvalue weighted by Crippen LogP contribution is -2.35. The van der Waals surface area contributed by atoms with Crippen molar-refractivity contribution in [3.05, 3.63) is 47.8 Å². The van der Waals surface area contributed by atoms with Gasteiger partial charge in [-0.1, -0.05) is 6.07 Å². The van der Waals surface area contributed by atoms with Crippen LogP contribution in [0.5, 0.6) is 0 Å². The number of H-pyrrole nitrogens is 1. The van der Waals surface area contributed by atoms with Crippen molar-refractivity contribution >= 4 is 22.4 Å². The Hall–Kier alpha value is -2.56. The van der Waals surface area contributed by atoms with Gasteiger partial charge < -0.3 is 11.1 Å². The molecule has 5 heteroatoms. The first-order valence-corrected chi connectivity index (χ1v) is 9.23. The summed E-state index contributed by atoms with van der Waals surface area (Å²) < 4.78 is 0. The molecule has 0 saturated heterocycles. The maximum Gasteiger partial charge on any atom is 0.123 e. The van der Waals surface area contributed by atoms with Crippen LogP contribution >= 0.6 is 0 Å². The highest BCUT2D eigenvalue weighted by Gasteiger charge is 2.54. The van der Waals surface area contributed by atoms with Gasteiger partial charge in [0.25, 0.3) is 0 Å². The molecule has 3 aliphatic rings. The van der Waals surface area contributed by atoms with Gasteiger partial charge in [0.2, 0.25) is 0 Å². The lowest BCUT2D eigenvalue weighted by molar-refractivity contribution is 0.248. The Labute approximate surface area is 146 Å². The lowest BCUT2D eigenvalue weighted by Gasteiger charge is -2.43. The molecule has 126 valence electrons. The second-order valence-corrected chi connectivity index (χ2v) is 7.93. The molecule has 2 bridgehead atoms. The minimum Gasteiger partial charge on any atom is -0.384 e. The van der Waals surface area contributed by atoms with Crippen molar-refractivity contribution in [1.29, 1.82) is 0 Å². The third-order valence-corrected chi connectivity index (χ3v) is 6.84. The fourth-order valence-corrected chi connectivity index (χ4v) is 5.94. The molecule has 2 aliphatic carbocycles. The van der Waals surface area contributed by atoms with Crippen molar-refractivity contribution in [3.63, 3.8) is 0 Å². The first kappa shape index (κ1) is 13.7. The second kappa shape index (κ2) is 4.75. The van der Waals surface area contributed by atoms with Crippen molar-refractivity contribution in [2.45, 2.75) is 31.2 Å². The Kier molecular flexibility index (Phi) is 2.60. The Morgan fingerprint density at radius 1 is 1.04 bits per heavy atom. The number of nitrogens with one attached hydrogen (secondary N) is 2. The maximum atomic E-state index is 5.81. The molecule has 1 aromatic carbocycles. The van der Waals surface area contributed by atoms with Crippen LogP contribution in [0.4, 0.5) is 11.5 Å². The van der Waals surface area contributed by atoms with Crippen LogP contribution in [0.1, 0.15) is 42.3 Å². The van der Waals surface area contributed by atoms with Crippen LogP contribution in [0.2, 0.25) is 0 Å². The number of nitrogens with zero attached hydrogens (tertiary/aromatic N) is 2. The average molecular weight is 331 g/mol. The van der Waals surface area contributed by atoms with Crippen LogP contribution in [0.15, 0.2) is 36.7 Å². The summed E-state index contributed by atoms with van der Waals surface area (Å²) in [5.74, 6) is 3.46. The minimum absolute atomic E-state index is 0.324. The third kappa shape index (κ3) is 1.78. The number of nitrogen functional groups attached to an aromatic ring is 1. The normalized spacial score (nSPS) is 32.4. The number of aromatic nitrogens is 3. The highest BCUT2D eigenvalue weighted by Crippen LogP contribution is 2.64. The highest BCUT2D eigenvalue weighted by molar-refractivity contribution is 5.88. The zero-order chi connectivity index (χ0) is 16.5. The number of hydrogen-bond donors (Lipinski definition) is 3. The molecule has 3 heterocycles. The molecule has 2 aromatic heterocycles. The number of benzene rings is 1. The van der Waals surface area contributed by atoms with Crippen molar-refractivity contribution in [3.8, 4) is 0 Å². The first-order chi connectivity index (χ1) is 12.3. The van der Waals surface area contributed by atoms with Gasteiger partial charge in [0, 0.05) is 17.3 Å². The van der Waals surface area contributed by atoms with Gasteiger partial charge in [-0.2, -0.15) is 5.10 Å². The standard InChI is InChI=1S/C20H21N5/c21-16-6-3-12(8-22-16)20-18-11-2-1-10(7-11)17(18)19-13-9-23-25-14(13)4-5-15(19)24-20/h3-6,8-11,17-18,20,24H,1-2,7H2,(H2,21,22)(H,23,25)/t10-,11+,17+,18-,20+/m1/s1. The predicted molar refractivity (Wildman–Crippen MR) is 98.2 cm³/mol. The van der Waals surface area contributed by atoms with E-state index < -0.39 is 0 Å². The zero-order valence-corrected chi connectivity index (χ0v) is 13.9. The topological polar surface area (TPSA) is 79.6 Å². The van der Waals surface area contributed by atoms with Crippen LogP contribution < -0.4 is 11.1 Å². The van der Waals surface area contributed by atoms with E-state index in [0.29, 0.717) is 23.7 Å². The van der Waals surface area contributed by atoms with E-state index in [1.165, 1.54) is 41.5 Å². The number of rotatable bonds is 1. The number of pyridine rings is 1. The Bertz CT molecular complexity index is 960. The lowest BCUT2D eigenvalue weighted by atomic mass is 9.67. The summed E-state index contributed by atoms with van der Waals surface area (Å²) >= 11 is 0. The Balaban J connectivity index is 1.55. The molecule has 1 aliphatic heterocycles. The number of hydrogen-bond acceptors (Lipinski definition) is 4. The number of aromatic amines is 1. The molecule has 25 heavy (non-hydrogen) atoms. The summed E-state index contributed by atoms with van der Waals surface area (Å²) in [5, 5.41) is 12.6. The Morgan fingerprint density at radius 2 is 1.96 bits per heavy atom. The molecular weight excluding hydrogens is 310 g/mol. The molecule has 0 amide bonds. The van der Waals surface area contributed by atoms with Crippen molar-refractivity contribution < 1.29 is 0 Å². The molecule has 5 nitrogen and oxygen atoms in total. The van der Waals surface area contributed by atoms with Crippen LogP contribution in [-0.4, -0.2) is 15.2 Å². The van der Waals surface area contributed by atoms with E-state index in [-0.39, 0.29) is 0 Å². The van der Waals surface area contributed by atoms with Crippen molar-refractivity contribution in [2.24, 2.45) is 17.8 Å². The van der Waals surface area contributed by atoms with Gasteiger partial charge in [0.1, 0.15) is 5.82 Å². The molecule has 4 N–H and O–H groups in total. The zero-order valence-electron chi connectivity index (χ0n) is 13.9. The fourth-order valence-electron chi connectivity index (χ4n) is 5.94. The maximum absolute atomic E-state index is 5.81. The van der Waals surface area contributed by atoms with Crippen molar-refractivity contribution in [2.75, 3.05) is 11.1 Å². The summed E-state index contributed by atoms with van der Waals surface area (Å²) in [5.41, 5.74) is 11.0. The predicted octanol–water partition coefficient (Wildman–Crippen LogP) is 3.84. The summed E-state index contributed by atoms with van der Waals surface area (Å²) in [7, 11) is 0. The van der Waals surface area contributed by atoms with E-state index in [1.54, 1.807) is 0 Å². The van der Waals surface area contributed by atoms with Crippen LogP contribution in [0.3, 0.4) is 0 Å². The van der Waals surface area contributed by atoms with Crippen molar-refractivity contribution in [1.82, 2.24) is 15.2 Å². The van der Waals surface area contributed by atoms with Crippen LogP contribution in [0.25, 0.3) is 10.9 Å². The van der Waals surface area contributed by atoms with Crippen LogP contribution in [-0.2, 0) is 0 Å². The van der Waals surface area contributed by atoms with Gasteiger partial charge in [0.15, 0.2) is 0 Å². The van der Waals surface area contributed by atoms with Gasteiger partial charge in [-0.05, 0) is 72.3 Å². The smallest absolute Gasteiger partial charge is 0.123 e. The number of fused-ring (bicyclic) bond motifs is 9. The Morgan fingerprint density at radius 3 is 2.84 bits per heavy atom. The molecular formula is C20H21N5. The molecule has 2 fully saturated rings. The molecule has 6 rings (SSSR count). The summed E-state index contributed by atoms with van der Waals surface area (Å²) in [6.07, 6.45) is 8.06. The first-order valence-electron chi connectivity index (χ1n) is 9.23. The molecule has 3 aromatic rings.